The molecule has 1 nitrogen and oxygen atoms in total. The predicted molar refractivity (Wildman–Crippen MR) is 74.7 cm³/mol. The fraction of sp³-hybridized carbons (Fsp3) is 0.600. The van der Waals surface area contributed by atoms with Crippen LogP contribution in [0.2, 0.25) is 0 Å². The Bertz CT molecular complexity index is 242. The van der Waals surface area contributed by atoms with Crippen molar-refractivity contribution in [1.82, 2.24) is 5.32 Å². The lowest BCUT2D eigenvalue weighted by Crippen LogP contribution is -2.28. The second-order valence-corrected chi connectivity index (χ2v) is 4.05. The Morgan fingerprint density at radius 1 is 1.12 bits per heavy atom. The molecule has 0 amide bonds. The van der Waals surface area contributed by atoms with Crippen molar-refractivity contribution in [3.63, 3.8) is 0 Å². The molecule has 0 aromatic carbocycles. The molecule has 0 radical (unpaired) electrons. The average molecular weight is 221 g/mol. The maximum absolute atomic E-state index is 3.74. The molecule has 1 aliphatic heterocycles. The summed E-state index contributed by atoms with van der Waals surface area (Å²) in [6, 6.07) is 0. The molecule has 0 aliphatic carbocycles. The summed E-state index contributed by atoms with van der Waals surface area (Å²) in [6.07, 6.45) is 8.86. The minimum atomic E-state index is 0.783. The maximum atomic E-state index is 3.74. The van der Waals surface area contributed by atoms with Crippen LogP contribution < -0.4 is 5.32 Å². The Labute approximate surface area is 101 Å². The van der Waals surface area contributed by atoms with Crippen molar-refractivity contribution in [2.45, 2.75) is 40.5 Å². The molecule has 1 aliphatic rings. The van der Waals surface area contributed by atoms with Crippen LogP contribution in [0.4, 0.5) is 0 Å². The topological polar surface area (TPSA) is 12.0 Å². The third-order valence-corrected chi connectivity index (χ3v) is 2.91. The molecule has 1 fully saturated rings. The lowest BCUT2D eigenvalue weighted by molar-refractivity contribution is 0.420. The molecule has 0 bridgehead atoms. The summed E-state index contributed by atoms with van der Waals surface area (Å²) in [5.74, 6) is 0.783. The third-order valence-electron chi connectivity index (χ3n) is 2.91. The molecule has 92 valence electrons. The summed E-state index contributed by atoms with van der Waals surface area (Å²) in [4.78, 5) is 0. The summed E-state index contributed by atoms with van der Waals surface area (Å²) >= 11 is 0. The van der Waals surface area contributed by atoms with Crippen LogP contribution >= 0.6 is 0 Å². The molecule has 0 unspecified atom stereocenters. The van der Waals surface area contributed by atoms with Crippen LogP contribution in [-0.4, -0.2) is 13.1 Å². The van der Waals surface area contributed by atoms with E-state index in [2.05, 4.69) is 37.9 Å². The van der Waals surface area contributed by atoms with Crippen LogP contribution in [0, 0.1) is 5.92 Å². The largest absolute Gasteiger partial charge is 0.317 e. The zero-order valence-corrected chi connectivity index (χ0v) is 11.3. The van der Waals surface area contributed by atoms with Gasteiger partial charge < -0.3 is 5.32 Å². The zero-order chi connectivity index (χ0) is 12.4. The second kappa shape index (κ2) is 9.41. The van der Waals surface area contributed by atoms with Crippen LogP contribution in [0.5, 0.6) is 0 Å². The van der Waals surface area contributed by atoms with E-state index in [-0.39, 0.29) is 0 Å². The zero-order valence-electron chi connectivity index (χ0n) is 11.3. The SMILES string of the molecule is C=C/C(C)=C\C=C(/C)C1CCNCC1.CC. The van der Waals surface area contributed by atoms with Gasteiger partial charge in [-0.2, -0.15) is 0 Å². The molecule has 0 aromatic rings. The van der Waals surface area contributed by atoms with Gasteiger partial charge in [0, 0.05) is 0 Å². The number of hydrogen-bond donors (Lipinski definition) is 1. The fourth-order valence-corrected chi connectivity index (χ4v) is 1.74. The Morgan fingerprint density at radius 2 is 1.69 bits per heavy atom. The molecular formula is C15H27N. The normalized spacial score (nSPS) is 18.8. The highest BCUT2D eigenvalue weighted by molar-refractivity contribution is 5.23. The van der Waals surface area contributed by atoms with Gasteiger partial charge in [0.05, 0.1) is 0 Å². The van der Waals surface area contributed by atoms with Crippen molar-refractivity contribution < 1.29 is 0 Å². The molecule has 0 aromatic heterocycles. The minimum absolute atomic E-state index is 0.783. The van der Waals surface area contributed by atoms with Gasteiger partial charge in [-0.1, -0.05) is 49.8 Å². The Kier molecular flexibility index (Phi) is 8.93. The van der Waals surface area contributed by atoms with Crippen LogP contribution in [-0.2, 0) is 0 Å². The molecule has 0 atom stereocenters. The summed E-state index contributed by atoms with van der Waals surface area (Å²) < 4.78 is 0. The van der Waals surface area contributed by atoms with E-state index >= 15 is 0 Å². The molecule has 1 heteroatoms. The smallest absolute Gasteiger partial charge is 0.00432 e. The van der Waals surface area contributed by atoms with Gasteiger partial charge in [0.25, 0.3) is 0 Å². The van der Waals surface area contributed by atoms with Crippen molar-refractivity contribution in [2.75, 3.05) is 13.1 Å². The van der Waals surface area contributed by atoms with E-state index in [0.29, 0.717) is 0 Å². The Balaban J connectivity index is 0.00000106. The number of hydrogen-bond acceptors (Lipinski definition) is 1. The van der Waals surface area contributed by atoms with Crippen LogP contribution in [0.3, 0.4) is 0 Å². The van der Waals surface area contributed by atoms with Gasteiger partial charge in [0.1, 0.15) is 0 Å². The van der Waals surface area contributed by atoms with E-state index in [1.54, 1.807) is 0 Å². The fourth-order valence-electron chi connectivity index (χ4n) is 1.74. The van der Waals surface area contributed by atoms with Crippen molar-refractivity contribution in [2.24, 2.45) is 5.92 Å². The molecule has 0 spiro atoms. The highest BCUT2D eigenvalue weighted by atomic mass is 14.9. The molecule has 1 saturated heterocycles. The Morgan fingerprint density at radius 3 is 2.19 bits per heavy atom. The molecule has 1 heterocycles. The average Bonchev–Trinajstić information content (AvgIpc) is 2.38. The van der Waals surface area contributed by atoms with Gasteiger partial charge in [0.2, 0.25) is 0 Å². The van der Waals surface area contributed by atoms with Gasteiger partial charge in [-0.15, -0.1) is 0 Å². The second-order valence-electron chi connectivity index (χ2n) is 4.05. The van der Waals surface area contributed by atoms with E-state index in [1.807, 2.05) is 19.9 Å². The highest BCUT2D eigenvalue weighted by Crippen LogP contribution is 2.20. The first-order chi connectivity index (χ1) is 7.74. The van der Waals surface area contributed by atoms with Gasteiger partial charge in [-0.05, 0) is 45.7 Å². The van der Waals surface area contributed by atoms with Crippen molar-refractivity contribution in [3.8, 4) is 0 Å². The summed E-state index contributed by atoms with van der Waals surface area (Å²) in [6.45, 7) is 14.4. The van der Waals surface area contributed by atoms with Crippen LogP contribution in [0.25, 0.3) is 0 Å². The van der Waals surface area contributed by atoms with Crippen LogP contribution in [0.1, 0.15) is 40.5 Å². The van der Waals surface area contributed by atoms with Crippen molar-refractivity contribution >= 4 is 0 Å². The number of rotatable bonds is 3. The summed E-state index contributed by atoms with van der Waals surface area (Å²) in [5, 5.41) is 3.39. The third kappa shape index (κ3) is 5.92. The van der Waals surface area contributed by atoms with Crippen molar-refractivity contribution in [3.05, 3.63) is 36.0 Å². The first kappa shape index (κ1) is 15.2. The van der Waals surface area contributed by atoms with E-state index in [1.165, 1.54) is 37.1 Å². The monoisotopic (exact) mass is 221 g/mol. The molecule has 1 rings (SSSR count). The molecule has 1 N–H and O–H groups in total. The molecule has 0 saturated carbocycles. The van der Waals surface area contributed by atoms with Gasteiger partial charge >= 0.3 is 0 Å². The van der Waals surface area contributed by atoms with Crippen LogP contribution in [0.15, 0.2) is 36.0 Å². The van der Waals surface area contributed by atoms with E-state index < -0.39 is 0 Å². The first-order valence-corrected chi connectivity index (χ1v) is 6.42. The predicted octanol–water partition coefficient (Wildman–Crippen LogP) is 4.09. The van der Waals surface area contributed by atoms with E-state index in [0.717, 1.165) is 5.92 Å². The summed E-state index contributed by atoms with van der Waals surface area (Å²) in [7, 11) is 0. The van der Waals surface area contributed by atoms with Gasteiger partial charge in [0.15, 0.2) is 0 Å². The van der Waals surface area contributed by atoms with Gasteiger partial charge in [-0.3, -0.25) is 0 Å². The standard InChI is InChI=1S/C13H21N.C2H6/c1-4-11(2)5-6-12(3)13-7-9-14-10-8-13;1-2/h4-6,13-14H,1,7-10H2,2-3H3;1-2H3/b11-5-,12-6+;. The van der Waals surface area contributed by atoms with Gasteiger partial charge in [-0.25, -0.2) is 0 Å². The number of nitrogens with one attached hydrogen (secondary N) is 1. The summed E-state index contributed by atoms with van der Waals surface area (Å²) in [5.41, 5.74) is 2.74. The number of allylic oxidation sites excluding steroid dienone is 5. The highest BCUT2D eigenvalue weighted by Gasteiger charge is 2.13. The van der Waals surface area contributed by atoms with Crippen molar-refractivity contribution in [1.29, 1.82) is 0 Å². The number of piperidine rings is 1. The Hall–Kier alpha value is -0.820. The molecular weight excluding hydrogens is 194 g/mol. The lowest BCUT2D eigenvalue weighted by Gasteiger charge is -2.23. The van der Waals surface area contributed by atoms with E-state index in [9.17, 15) is 0 Å². The first-order valence-electron chi connectivity index (χ1n) is 6.42. The lowest BCUT2D eigenvalue weighted by atomic mass is 9.90. The maximum Gasteiger partial charge on any atom is -0.00432 e. The molecule has 16 heavy (non-hydrogen) atoms. The van der Waals surface area contributed by atoms with E-state index in [4.69, 9.17) is 0 Å². The minimum Gasteiger partial charge on any atom is -0.317 e. The quantitative estimate of drug-likeness (QED) is 0.708.